The number of anilines is 1. The molecule has 0 radical (unpaired) electrons. The molecule has 3 aromatic rings. The lowest BCUT2D eigenvalue weighted by atomic mass is 10.1. The van der Waals surface area contributed by atoms with Crippen LogP contribution < -0.4 is 21.1 Å². The van der Waals surface area contributed by atoms with Crippen molar-refractivity contribution in [3.63, 3.8) is 0 Å². The Morgan fingerprint density at radius 2 is 2.03 bits per heavy atom. The summed E-state index contributed by atoms with van der Waals surface area (Å²) in [5.74, 6) is 1.13. The van der Waals surface area contributed by atoms with Gasteiger partial charge in [-0.05, 0) is 31.4 Å². The second-order valence-corrected chi connectivity index (χ2v) is 10.0. The van der Waals surface area contributed by atoms with Crippen LogP contribution in [0.2, 0.25) is 5.02 Å². The first-order valence-corrected chi connectivity index (χ1v) is 13.0. The van der Waals surface area contributed by atoms with Crippen molar-refractivity contribution in [3.05, 3.63) is 51.9 Å². The lowest BCUT2D eigenvalue weighted by molar-refractivity contribution is -0.122. The molecule has 190 valence electrons. The molecule has 2 fully saturated rings. The summed E-state index contributed by atoms with van der Waals surface area (Å²) < 4.78 is 3.66. The summed E-state index contributed by atoms with van der Waals surface area (Å²) in [4.78, 5) is 44.9. The third kappa shape index (κ3) is 4.84. The molecule has 10 heteroatoms. The van der Waals surface area contributed by atoms with Crippen LogP contribution in [0.1, 0.15) is 45.4 Å². The molecule has 2 N–H and O–H groups in total. The van der Waals surface area contributed by atoms with Crippen LogP contribution in [-0.4, -0.2) is 50.9 Å². The number of unbranched alkanes of at least 4 members (excludes halogenated alkanes) is 2. The number of aryl methyl sites for hydroxylation is 1. The maximum absolute atomic E-state index is 13.2. The van der Waals surface area contributed by atoms with Gasteiger partial charge >= 0.3 is 0 Å². The van der Waals surface area contributed by atoms with E-state index < -0.39 is 6.04 Å². The number of rotatable bonds is 8. The zero-order valence-corrected chi connectivity index (χ0v) is 21.1. The van der Waals surface area contributed by atoms with Gasteiger partial charge in [-0.25, -0.2) is 4.98 Å². The van der Waals surface area contributed by atoms with Crippen LogP contribution in [0.3, 0.4) is 0 Å². The van der Waals surface area contributed by atoms with Gasteiger partial charge in [-0.15, -0.1) is 0 Å². The predicted octanol–water partition coefficient (Wildman–Crippen LogP) is 2.98. The van der Waals surface area contributed by atoms with Crippen LogP contribution in [0.25, 0.3) is 17.0 Å². The second kappa shape index (κ2) is 10.3. The molecule has 2 saturated heterocycles. The van der Waals surface area contributed by atoms with Gasteiger partial charge in [0.1, 0.15) is 11.9 Å². The van der Waals surface area contributed by atoms with Crippen molar-refractivity contribution in [2.45, 2.75) is 64.1 Å². The number of fused-ring (bicyclic) bond motifs is 1. The molecule has 1 aromatic carbocycles. The van der Waals surface area contributed by atoms with Crippen LogP contribution >= 0.6 is 11.6 Å². The van der Waals surface area contributed by atoms with E-state index >= 15 is 0 Å². The van der Waals surface area contributed by atoms with E-state index in [9.17, 15) is 14.4 Å². The van der Waals surface area contributed by atoms with E-state index in [1.165, 1.54) is 0 Å². The molecule has 0 spiro atoms. The number of amides is 2. The zero-order valence-electron chi connectivity index (χ0n) is 20.4. The van der Waals surface area contributed by atoms with Crippen molar-refractivity contribution in [1.82, 2.24) is 24.6 Å². The molecule has 9 nitrogen and oxygen atoms in total. The van der Waals surface area contributed by atoms with Crippen molar-refractivity contribution >= 4 is 35.0 Å². The van der Waals surface area contributed by atoms with Crippen LogP contribution in [-0.2, 0) is 16.1 Å². The van der Waals surface area contributed by atoms with E-state index in [1.54, 1.807) is 28.8 Å². The van der Waals surface area contributed by atoms with Crippen molar-refractivity contribution in [1.29, 1.82) is 0 Å². The SMILES string of the molecule is CCCCCn1c(N2CCC[C@H]2C(=O)N[C@H]2CNC(=O)C2)cc(=O)n2cc(-c3ccc(Cl)cc3)nc12. The molecule has 0 bridgehead atoms. The molecule has 36 heavy (non-hydrogen) atoms. The Kier molecular flexibility index (Phi) is 7.00. The molecular weight excluding hydrogens is 480 g/mol. The molecule has 0 saturated carbocycles. The van der Waals surface area contributed by atoms with Gasteiger partial charge < -0.3 is 15.5 Å². The van der Waals surface area contributed by atoms with Crippen molar-refractivity contribution in [3.8, 4) is 11.3 Å². The molecule has 2 aliphatic rings. The highest BCUT2D eigenvalue weighted by molar-refractivity contribution is 6.30. The minimum absolute atomic E-state index is 0.0467. The van der Waals surface area contributed by atoms with E-state index in [0.29, 0.717) is 49.0 Å². The highest BCUT2D eigenvalue weighted by atomic mass is 35.5. The fraction of sp³-hybridized carbons (Fsp3) is 0.462. The second-order valence-electron chi connectivity index (χ2n) is 9.57. The number of carbonyl (C=O) groups excluding carboxylic acids is 2. The molecule has 2 aromatic heterocycles. The number of benzene rings is 1. The first-order chi connectivity index (χ1) is 17.4. The summed E-state index contributed by atoms with van der Waals surface area (Å²) in [5.41, 5.74) is 1.39. The van der Waals surface area contributed by atoms with E-state index in [1.807, 2.05) is 17.0 Å². The maximum atomic E-state index is 13.2. The van der Waals surface area contributed by atoms with Gasteiger partial charge in [0.05, 0.1) is 11.7 Å². The lowest BCUT2D eigenvalue weighted by Gasteiger charge is -2.29. The Balaban J connectivity index is 1.52. The van der Waals surface area contributed by atoms with Crippen molar-refractivity contribution in [2.75, 3.05) is 18.0 Å². The molecule has 2 amide bonds. The highest BCUT2D eigenvalue weighted by Crippen LogP contribution is 2.28. The first kappa shape index (κ1) is 24.4. The fourth-order valence-electron chi connectivity index (χ4n) is 5.13. The highest BCUT2D eigenvalue weighted by Gasteiger charge is 2.35. The van der Waals surface area contributed by atoms with Gasteiger partial charge in [0.25, 0.3) is 5.56 Å². The number of aromatic nitrogens is 3. The number of hydrogen-bond donors (Lipinski definition) is 2. The predicted molar refractivity (Wildman–Crippen MR) is 139 cm³/mol. The van der Waals surface area contributed by atoms with Crippen LogP contribution in [0.4, 0.5) is 5.82 Å². The molecule has 0 unspecified atom stereocenters. The number of nitrogens with zero attached hydrogens (tertiary/aromatic N) is 4. The largest absolute Gasteiger partial charge is 0.354 e. The zero-order chi connectivity index (χ0) is 25.2. The van der Waals surface area contributed by atoms with Gasteiger partial charge in [-0.1, -0.05) is 43.5 Å². The van der Waals surface area contributed by atoms with Gasteiger partial charge in [0.15, 0.2) is 0 Å². The molecule has 5 rings (SSSR count). The standard InChI is InChI=1S/C26H31ClN6O3/c1-2-3-4-11-32-23(31-12-5-6-21(31)25(36)29-19-13-22(34)28-15-19)14-24(35)33-16-20(30-26(32)33)17-7-9-18(27)10-8-17/h7-10,14,16,19,21H,2-6,11-13,15H2,1H3,(H,28,34)(H,29,36)/t19-,21+/m1/s1. The molecule has 2 atom stereocenters. The van der Waals surface area contributed by atoms with E-state index in [4.69, 9.17) is 16.6 Å². The lowest BCUT2D eigenvalue weighted by Crippen LogP contribution is -2.48. The van der Waals surface area contributed by atoms with E-state index in [2.05, 4.69) is 22.1 Å². The summed E-state index contributed by atoms with van der Waals surface area (Å²) in [6.07, 6.45) is 6.66. The number of halogens is 1. The average molecular weight is 511 g/mol. The van der Waals surface area contributed by atoms with Crippen LogP contribution in [0.5, 0.6) is 0 Å². The molecular formula is C26H31ClN6O3. The summed E-state index contributed by atoms with van der Waals surface area (Å²) >= 11 is 6.05. The molecule has 4 heterocycles. The van der Waals surface area contributed by atoms with Crippen LogP contribution in [0.15, 0.2) is 41.3 Å². The summed E-state index contributed by atoms with van der Waals surface area (Å²) in [5, 5.41) is 6.42. The maximum Gasteiger partial charge on any atom is 0.261 e. The van der Waals surface area contributed by atoms with Gasteiger partial charge in [0.2, 0.25) is 17.6 Å². The Bertz CT molecular complexity index is 1330. The summed E-state index contributed by atoms with van der Waals surface area (Å²) in [6, 6.07) is 8.42. The summed E-state index contributed by atoms with van der Waals surface area (Å²) in [6.45, 7) is 3.97. The average Bonchev–Trinajstić information content (AvgIpc) is 3.61. The first-order valence-electron chi connectivity index (χ1n) is 12.7. The molecule has 0 aliphatic carbocycles. The number of imidazole rings is 1. The Hall–Kier alpha value is -3.33. The summed E-state index contributed by atoms with van der Waals surface area (Å²) in [7, 11) is 0. The Morgan fingerprint density at radius 3 is 2.75 bits per heavy atom. The van der Waals surface area contributed by atoms with E-state index in [0.717, 1.165) is 37.1 Å². The Labute approximate surface area is 214 Å². The number of carbonyl (C=O) groups is 2. The topological polar surface area (TPSA) is 101 Å². The van der Waals surface area contributed by atoms with Crippen LogP contribution in [0, 0.1) is 0 Å². The van der Waals surface area contributed by atoms with Gasteiger partial charge in [-0.3, -0.25) is 23.4 Å². The Morgan fingerprint density at radius 1 is 1.22 bits per heavy atom. The van der Waals surface area contributed by atoms with E-state index in [-0.39, 0.29) is 23.4 Å². The van der Waals surface area contributed by atoms with Gasteiger partial charge in [-0.2, -0.15) is 0 Å². The minimum Gasteiger partial charge on any atom is -0.354 e. The fourth-order valence-corrected chi connectivity index (χ4v) is 5.26. The third-order valence-corrected chi connectivity index (χ3v) is 7.25. The minimum atomic E-state index is -0.398. The molecule has 2 aliphatic heterocycles. The monoisotopic (exact) mass is 510 g/mol. The normalized spacial score (nSPS) is 19.7. The third-order valence-electron chi connectivity index (χ3n) is 6.99. The van der Waals surface area contributed by atoms with Gasteiger partial charge in [0, 0.05) is 48.9 Å². The number of nitrogens with one attached hydrogen (secondary N) is 2. The smallest absolute Gasteiger partial charge is 0.261 e. The van der Waals surface area contributed by atoms with Crippen molar-refractivity contribution in [2.24, 2.45) is 0 Å². The number of hydrogen-bond acceptors (Lipinski definition) is 5. The quantitative estimate of drug-likeness (QED) is 0.454. The van der Waals surface area contributed by atoms with Crippen molar-refractivity contribution < 1.29 is 9.59 Å².